The van der Waals surface area contributed by atoms with Crippen molar-refractivity contribution in [2.45, 2.75) is 71.8 Å². The average molecular weight is 386 g/mol. The lowest BCUT2D eigenvalue weighted by Gasteiger charge is -2.29. The molecule has 0 saturated heterocycles. The molecule has 0 unspecified atom stereocenters. The van der Waals surface area contributed by atoms with Gasteiger partial charge in [0.05, 0.1) is 6.61 Å². The lowest BCUT2D eigenvalue weighted by atomic mass is 9.96. The number of fused-ring (bicyclic) bond motifs is 1. The summed E-state index contributed by atoms with van der Waals surface area (Å²) in [6.45, 7) is 9.49. The number of hydrogen-bond donors (Lipinski definition) is 1. The van der Waals surface area contributed by atoms with Crippen LogP contribution in [-0.2, 0) is 9.53 Å². The smallest absolute Gasteiger partial charge is 0.256 e. The Labute approximate surface area is 169 Å². The fourth-order valence-corrected chi connectivity index (χ4v) is 3.26. The Morgan fingerprint density at radius 3 is 2.32 bits per heavy atom. The lowest BCUT2D eigenvalue weighted by Crippen LogP contribution is -2.43. The molecule has 4 nitrogen and oxygen atoms in total. The van der Waals surface area contributed by atoms with Gasteiger partial charge in [-0.1, -0.05) is 64.3 Å². The van der Waals surface area contributed by atoms with Crippen LogP contribution in [0.4, 0.5) is 5.69 Å². The summed E-state index contributed by atoms with van der Waals surface area (Å²) in [6.07, 6.45) is 5.78. The first-order valence-corrected chi connectivity index (χ1v) is 10.7. The maximum atomic E-state index is 13.2. The summed E-state index contributed by atoms with van der Waals surface area (Å²) < 4.78 is 11.9. The molecule has 2 aromatic rings. The van der Waals surface area contributed by atoms with E-state index in [4.69, 9.17) is 9.47 Å². The third-order valence-corrected chi connectivity index (χ3v) is 4.96. The highest BCUT2D eigenvalue weighted by Gasteiger charge is 2.33. The number of ether oxygens (including phenoxy) is 2. The van der Waals surface area contributed by atoms with Gasteiger partial charge in [0, 0.05) is 23.1 Å². The molecule has 2 aromatic carbocycles. The number of benzene rings is 2. The van der Waals surface area contributed by atoms with Crippen LogP contribution in [0.1, 0.15) is 66.2 Å². The van der Waals surface area contributed by atoms with Gasteiger partial charge in [0.2, 0.25) is 0 Å². The molecular formula is C24H35NO3. The highest BCUT2D eigenvalue weighted by Crippen LogP contribution is 2.33. The van der Waals surface area contributed by atoms with E-state index in [1.807, 2.05) is 43.3 Å². The van der Waals surface area contributed by atoms with Gasteiger partial charge in [-0.2, -0.15) is 0 Å². The van der Waals surface area contributed by atoms with Crippen molar-refractivity contribution < 1.29 is 14.3 Å². The maximum absolute atomic E-state index is 13.2. The second kappa shape index (κ2) is 11.1. The summed E-state index contributed by atoms with van der Waals surface area (Å²) in [5.41, 5.74) is -0.0183. The molecule has 154 valence electrons. The molecule has 28 heavy (non-hydrogen) atoms. The van der Waals surface area contributed by atoms with Gasteiger partial charge >= 0.3 is 0 Å². The normalized spacial score (nSPS) is 13.3. The van der Waals surface area contributed by atoms with Gasteiger partial charge in [0.15, 0.2) is 0 Å². The third kappa shape index (κ3) is 5.71. The van der Waals surface area contributed by atoms with Gasteiger partial charge in [0.25, 0.3) is 5.91 Å². The zero-order valence-corrected chi connectivity index (χ0v) is 17.8. The van der Waals surface area contributed by atoms with E-state index in [-0.39, 0.29) is 5.91 Å². The molecule has 0 fully saturated rings. The van der Waals surface area contributed by atoms with Crippen LogP contribution >= 0.6 is 0 Å². The third-order valence-electron chi connectivity index (χ3n) is 4.96. The summed E-state index contributed by atoms with van der Waals surface area (Å²) >= 11 is 0. The Bertz CT molecular complexity index is 759. The van der Waals surface area contributed by atoms with E-state index in [0.29, 0.717) is 13.2 Å². The quantitative estimate of drug-likeness (QED) is 0.434. The second-order valence-electron chi connectivity index (χ2n) is 7.50. The van der Waals surface area contributed by atoms with Crippen LogP contribution in [0.2, 0.25) is 0 Å². The van der Waals surface area contributed by atoms with Crippen molar-refractivity contribution in [2.75, 3.05) is 18.5 Å². The Balaban J connectivity index is 2.26. The summed E-state index contributed by atoms with van der Waals surface area (Å²) in [6, 6.07) is 11.9. The van der Waals surface area contributed by atoms with Crippen molar-refractivity contribution in [3.8, 4) is 5.75 Å². The molecule has 1 atom stereocenters. The van der Waals surface area contributed by atoms with E-state index < -0.39 is 5.60 Å². The van der Waals surface area contributed by atoms with Crippen LogP contribution < -0.4 is 10.1 Å². The highest BCUT2D eigenvalue weighted by atomic mass is 16.5. The number of carbonyl (C=O) groups excluding carboxylic acids is 1. The minimum atomic E-state index is -0.816. The van der Waals surface area contributed by atoms with Crippen molar-refractivity contribution in [3.05, 3.63) is 36.4 Å². The Morgan fingerprint density at radius 2 is 1.64 bits per heavy atom. The van der Waals surface area contributed by atoms with E-state index in [1.165, 1.54) is 0 Å². The first-order chi connectivity index (χ1) is 13.6. The molecule has 0 heterocycles. The zero-order chi connectivity index (χ0) is 20.4. The van der Waals surface area contributed by atoms with Crippen molar-refractivity contribution in [2.24, 2.45) is 0 Å². The molecule has 0 aliphatic rings. The molecule has 2 rings (SSSR count). The minimum Gasteiger partial charge on any atom is -0.493 e. The van der Waals surface area contributed by atoms with Crippen molar-refractivity contribution in [1.29, 1.82) is 0 Å². The SMILES string of the molecule is CCCCC[C@](C)(OCCC)C(=O)Nc1ccc(OCCC)c2ccccc12. The number of unbranched alkanes of at least 4 members (excludes halogenated alkanes) is 2. The van der Waals surface area contributed by atoms with Crippen LogP contribution in [0.15, 0.2) is 36.4 Å². The van der Waals surface area contributed by atoms with Crippen LogP contribution in [0.25, 0.3) is 10.8 Å². The highest BCUT2D eigenvalue weighted by molar-refractivity contribution is 6.06. The van der Waals surface area contributed by atoms with Gasteiger partial charge in [-0.05, 0) is 38.3 Å². The number of nitrogens with one attached hydrogen (secondary N) is 1. The maximum Gasteiger partial charge on any atom is 0.256 e. The van der Waals surface area contributed by atoms with Crippen LogP contribution in [0.3, 0.4) is 0 Å². The summed E-state index contributed by atoms with van der Waals surface area (Å²) in [4.78, 5) is 13.2. The average Bonchev–Trinajstić information content (AvgIpc) is 2.71. The summed E-state index contributed by atoms with van der Waals surface area (Å²) in [7, 11) is 0. The number of amides is 1. The van der Waals surface area contributed by atoms with E-state index in [0.717, 1.165) is 60.7 Å². The topological polar surface area (TPSA) is 47.6 Å². The molecule has 0 spiro atoms. The molecule has 0 aliphatic heterocycles. The molecule has 0 bridgehead atoms. The van der Waals surface area contributed by atoms with E-state index >= 15 is 0 Å². The molecule has 4 heteroatoms. The van der Waals surface area contributed by atoms with E-state index in [1.54, 1.807) is 0 Å². The van der Waals surface area contributed by atoms with Crippen molar-refractivity contribution >= 4 is 22.4 Å². The van der Waals surface area contributed by atoms with Crippen molar-refractivity contribution in [3.63, 3.8) is 0 Å². The molecule has 0 radical (unpaired) electrons. The predicted molar refractivity (Wildman–Crippen MR) is 117 cm³/mol. The number of hydrogen-bond acceptors (Lipinski definition) is 3. The first kappa shape index (κ1) is 22.2. The zero-order valence-electron chi connectivity index (χ0n) is 17.8. The summed E-state index contributed by atoms with van der Waals surface area (Å²) in [5.74, 6) is 0.771. The Morgan fingerprint density at radius 1 is 0.929 bits per heavy atom. The fraction of sp³-hybridized carbons (Fsp3) is 0.542. The molecule has 0 aromatic heterocycles. The van der Waals surface area contributed by atoms with Gasteiger partial charge in [0.1, 0.15) is 11.4 Å². The summed E-state index contributed by atoms with van der Waals surface area (Å²) in [5, 5.41) is 5.12. The van der Waals surface area contributed by atoms with Crippen LogP contribution in [-0.4, -0.2) is 24.7 Å². The monoisotopic (exact) mass is 385 g/mol. The van der Waals surface area contributed by atoms with Gasteiger partial charge in [-0.15, -0.1) is 0 Å². The fourth-order valence-electron chi connectivity index (χ4n) is 3.26. The standard InChI is InChI=1S/C24H35NO3/c1-5-8-11-16-24(4,28-18-7-3)23(26)25-21-14-15-22(27-17-6-2)20-13-10-9-12-19(20)21/h9-10,12-15H,5-8,11,16-18H2,1-4H3,(H,25,26)/t24-/m0/s1. The van der Waals surface area contributed by atoms with Gasteiger partial charge in [-0.3, -0.25) is 4.79 Å². The Hall–Kier alpha value is -2.07. The molecule has 0 aliphatic carbocycles. The predicted octanol–water partition coefficient (Wildman–Crippen LogP) is 6.33. The molecule has 1 amide bonds. The number of carbonyl (C=O) groups is 1. The molecule has 1 N–H and O–H groups in total. The minimum absolute atomic E-state index is 0.0792. The van der Waals surface area contributed by atoms with Crippen molar-refractivity contribution in [1.82, 2.24) is 0 Å². The Kier molecular flexibility index (Phi) is 8.78. The second-order valence-corrected chi connectivity index (χ2v) is 7.50. The number of rotatable bonds is 12. The largest absolute Gasteiger partial charge is 0.493 e. The van der Waals surface area contributed by atoms with Gasteiger partial charge in [-0.25, -0.2) is 0 Å². The number of anilines is 1. The van der Waals surface area contributed by atoms with Crippen LogP contribution in [0, 0.1) is 0 Å². The lowest BCUT2D eigenvalue weighted by molar-refractivity contribution is -0.140. The molecule has 0 saturated carbocycles. The van der Waals surface area contributed by atoms with Gasteiger partial charge < -0.3 is 14.8 Å². The van der Waals surface area contributed by atoms with E-state index in [9.17, 15) is 4.79 Å². The van der Waals surface area contributed by atoms with E-state index in [2.05, 4.69) is 26.1 Å². The van der Waals surface area contributed by atoms with Crippen LogP contribution in [0.5, 0.6) is 5.75 Å². The molecular weight excluding hydrogens is 350 g/mol. The first-order valence-electron chi connectivity index (χ1n) is 10.7.